The number of hydrogen-bond donors (Lipinski definition) is 0. The number of benzene rings is 1. The number of aryl methyl sites for hydroxylation is 1. The van der Waals surface area contributed by atoms with E-state index in [0.29, 0.717) is 0 Å². The minimum Gasteiger partial charge on any atom is -0.287 e. The van der Waals surface area contributed by atoms with Crippen LogP contribution < -0.4 is 0 Å². The lowest BCUT2D eigenvalue weighted by atomic mass is 10.1. The second kappa shape index (κ2) is 4.58. The summed E-state index contributed by atoms with van der Waals surface area (Å²) < 4.78 is 14.8. The van der Waals surface area contributed by atoms with E-state index in [1.165, 1.54) is 29.1 Å². The molecule has 0 aliphatic rings. The van der Waals surface area contributed by atoms with Gasteiger partial charge in [-0.15, -0.1) is 0 Å². The molecular weight excluding hydrogens is 310 g/mol. The molecule has 1 heterocycles. The SMILES string of the molecule is Cn1ncc(Cl)c1C(=O)c1cccc(F)c1Br. The lowest BCUT2D eigenvalue weighted by molar-refractivity contribution is 0.102. The number of nitrogens with zero attached hydrogens (tertiary/aromatic N) is 2. The Morgan fingerprint density at radius 3 is 2.82 bits per heavy atom. The van der Waals surface area contributed by atoms with E-state index in [1.807, 2.05) is 0 Å². The molecule has 1 aromatic heterocycles. The number of hydrogen-bond acceptors (Lipinski definition) is 2. The molecule has 0 spiro atoms. The van der Waals surface area contributed by atoms with Crippen LogP contribution in [0.2, 0.25) is 5.02 Å². The molecule has 0 aliphatic carbocycles. The van der Waals surface area contributed by atoms with Crippen molar-refractivity contribution in [2.24, 2.45) is 7.05 Å². The van der Waals surface area contributed by atoms with E-state index in [1.54, 1.807) is 7.05 Å². The van der Waals surface area contributed by atoms with Crippen molar-refractivity contribution in [1.82, 2.24) is 9.78 Å². The van der Waals surface area contributed by atoms with Crippen molar-refractivity contribution >= 4 is 33.3 Å². The molecule has 2 aromatic rings. The Labute approximate surface area is 110 Å². The highest BCUT2D eigenvalue weighted by Crippen LogP contribution is 2.25. The first kappa shape index (κ1) is 12.3. The molecule has 0 saturated carbocycles. The third-order valence-electron chi connectivity index (χ3n) is 2.31. The van der Waals surface area contributed by atoms with Crippen LogP contribution >= 0.6 is 27.5 Å². The summed E-state index contributed by atoms with van der Waals surface area (Å²) in [6.07, 6.45) is 1.38. The van der Waals surface area contributed by atoms with Crippen LogP contribution in [0.1, 0.15) is 16.1 Å². The smallest absolute Gasteiger partial charge is 0.213 e. The van der Waals surface area contributed by atoms with Gasteiger partial charge in [-0.3, -0.25) is 9.48 Å². The second-order valence-corrected chi connectivity index (χ2v) is 4.60. The first-order chi connectivity index (χ1) is 8.02. The Balaban J connectivity index is 2.55. The summed E-state index contributed by atoms with van der Waals surface area (Å²) in [5, 5.41) is 4.11. The summed E-state index contributed by atoms with van der Waals surface area (Å²) in [5.41, 5.74) is 0.452. The topological polar surface area (TPSA) is 34.9 Å². The van der Waals surface area contributed by atoms with Crippen molar-refractivity contribution in [3.63, 3.8) is 0 Å². The van der Waals surface area contributed by atoms with Crippen LogP contribution in [-0.2, 0) is 7.05 Å². The van der Waals surface area contributed by atoms with Crippen LogP contribution in [-0.4, -0.2) is 15.6 Å². The molecule has 0 N–H and O–H groups in total. The van der Waals surface area contributed by atoms with Gasteiger partial charge < -0.3 is 0 Å². The minimum absolute atomic E-state index is 0.127. The quantitative estimate of drug-likeness (QED) is 0.797. The molecule has 6 heteroatoms. The standard InChI is InChI=1S/C11H7BrClFN2O/c1-16-10(7(13)5-15-16)11(17)6-3-2-4-8(14)9(6)12/h2-5H,1H3. The van der Waals surface area contributed by atoms with Crippen LogP contribution in [0.15, 0.2) is 28.9 Å². The summed E-state index contributed by atoms with van der Waals surface area (Å²) in [6.45, 7) is 0. The Morgan fingerprint density at radius 1 is 1.53 bits per heavy atom. The van der Waals surface area contributed by atoms with E-state index in [-0.39, 0.29) is 26.5 Å². The van der Waals surface area contributed by atoms with E-state index >= 15 is 0 Å². The summed E-state index contributed by atoms with van der Waals surface area (Å²) in [6, 6.07) is 4.27. The summed E-state index contributed by atoms with van der Waals surface area (Å²) >= 11 is 8.92. The molecule has 0 unspecified atom stereocenters. The first-order valence-electron chi connectivity index (χ1n) is 4.68. The van der Waals surface area contributed by atoms with Crippen LogP contribution in [0, 0.1) is 5.82 Å². The predicted molar refractivity (Wildman–Crippen MR) is 65.8 cm³/mol. The van der Waals surface area contributed by atoms with Crippen molar-refractivity contribution in [1.29, 1.82) is 0 Å². The molecule has 3 nitrogen and oxygen atoms in total. The van der Waals surface area contributed by atoms with Gasteiger partial charge >= 0.3 is 0 Å². The molecule has 0 radical (unpaired) electrons. The minimum atomic E-state index is -0.492. The number of aromatic nitrogens is 2. The van der Waals surface area contributed by atoms with Gasteiger partial charge in [0, 0.05) is 12.6 Å². The van der Waals surface area contributed by atoms with Gasteiger partial charge in [0.15, 0.2) is 0 Å². The van der Waals surface area contributed by atoms with Crippen LogP contribution in [0.5, 0.6) is 0 Å². The van der Waals surface area contributed by atoms with Crippen LogP contribution in [0.25, 0.3) is 0 Å². The maximum Gasteiger partial charge on any atom is 0.213 e. The van der Waals surface area contributed by atoms with E-state index in [4.69, 9.17) is 11.6 Å². The van der Waals surface area contributed by atoms with Gasteiger partial charge in [-0.25, -0.2) is 4.39 Å². The third-order valence-corrected chi connectivity index (χ3v) is 3.39. The molecule has 1 aromatic carbocycles. The Kier molecular flexibility index (Phi) is 3.31. The van der Waals surface area contributed by atoms with E-state index in [9.17, 15) is 9.18 Å². The van der Waals surface area contributed by atoms with Crippen molar-refractivity contribution in [2.45, 2.75) is 0 Å². The Hall–Kier alpha value is -1.20. The molecule has 2 rings (SSSR count). The monoisotopic (exact) mass is 316 g/mol. The molecule has 0 fully saturated rings. The average Bonchev–Trinajstić information content (AvgIpc) is 2.62. The number of rotatable bonds is 2. The summed E-state index contributed by atoms with van der Waals surface area (Å²) in [7, 11) is 1.60. The van der Waals surface area contributed by atoms with Gasteiger partial charge in [-0.2, -0.15) is 5.10 Å². The third kappa shape index (κ3) is 2.12. The zero-order valence-corrected chi connectivity index (χ0v) is 11.1. The molecule has 0 atom stereocenters. The second-order valence-electron chi connectivity index (χ2n) is 3.40. The van der Waals surface area contributed by atoms with E-state index < -0.39 is 5.82 Å². The molecular formula is C11H7BrClFN2O. The van der Waals surface area contributed by atoms with Gasteiger partial charge in [0.25, 0.3) is 0 Å². The molecule has 0 amide bonds. The normalized spacial score (nSPS) is 10.6. The molecule has 0 saturated heterocycles. The highest BCUT2D eigenvalue weighted by molar-refractivity contribution is 9.10. The molecule has 0 aliphatic heterocycles. The lowest BCUT2D eigenvalue weighted by Crippen LogP contribution is -2.10. The maximum atomic E-state index is 13.3. The van der Waals surface area contributed by atoms with Crippen LogP contribution in [0.3, 0.4) is 0 Å². The van der Waals surface area contributed by atoms with E-state index in [0.717, 1.165) is 0 Å². The highest BCUT2D eigenvalue weighted by Gasteiger charge is 2.20. The van der Waals surface area contributed by atoms with Crippen molar-refractivity contribution in [2.75, 3.05) is 0 Å². The van der Waals surface area contributed by atoms with Gasteiger partial charge in [-0.05, 0) is 28.1 Å². The van der Waals surface area contributed by atoms with Crippen molar-refractivity contribution < 1.29 is 9.18 Å². The number of halogens is 3. The summed E-state index contributed by atoms with van der Waals surface area (Å²) in [4.78, 5) is 12.2. The largest absolute Gasteiger partial charge is 0.287 e. The molecule has 17 heavy (non-hydrogen) atoms. The van der Waals surface area contributed by atoms with E-state index in [2.05, 4.69) is 21.0 Å². The fraction of sp³-hybridized carbons (Fsp3) is 0.0909. The average molecular weight is 318 g/mol. The van der Waals surface area contributed by atoms with Gasteiger partial charge in [0.2, 0.25) is 5.78 Å². The predicted octanol–water partition coefficient (Wildman–Crippen LogP) is 3.21. The molecule has 88 valence electrons. The van der Waals surface area contributed by atoms with Crippen LogP contribution in [0.4, 0.5) is 4.39 Å². The first-order valence-corrected chi connectivity index (χ1v) is 5.85. The zero-order chi connectivity index (χ0) is 12.6. The van der Waals surface area contributed by atoms with Gasteiger partial charge in [-0.1, -0.05) is 17.7 Å². The van der Waals surface area contributed by atoms with Crippen molar-refractivity contribution in [3.8, 4) is 0 Å². The fourth-order valence-electron chi connectivity index (χ4n) is 1.47. The molecule has 0 bridgehead atoms. The summed E-state index contributed by atoms with van der Waals surface area (Å²) in [5.74, 6) is -0.865. The van der Waals surface area contributed by atoms with Crippen molar-refractivity contribution in [3.05, 3.63) is 51.0 Å². The zero-order valence-electron chi connectivity index (χ0n) is 8.75. The number of ketones is 1. The fourth-order valence-corrected chi connectivity index (χ4v) is 2.17. The Morgan fingerprint density at radius 2 is 2.24 bits per heavy atom. The van der Waals surface area contributed by atoms with Gasteiger partial charge in [0.1, 0.15) is 11.5 Å². The number of carbonyl (C=O) groups is 1. The maximum absolute atomic E-state index is 13.3. The van der Waals surface area contributed by atoms with Gasteiger partial charge in [0.05, 0.1) is 15.7 Å². The Bertz CT molecular complexity index is 578. The number of carbonyl (C=O) groups excluding carboxylic acids is 1. The lowest BCUT2D eigenvalue weighted by Gasteiger charge is -2.05. The highest BCUT2D eigenvalue weighted by atomic mass is 79.9.